The Morgan fingerprint density at radius 3 is 2.58 bits per heavy atom. The molecule has 3 nitrogen and oxygen atoms in total. The average Bonchev–Trinajstić information content (AvgIpc) is 2.86. The summed E-state index contributed by atoms with van der Waals surface area (Å²) in [5.74, 6) is -0.431. The van der Waals surface area contributed by atoms with Crippen LogP contribution in [0.4, 0.5) is 4.39 Å². The van der Waals surface area contributed by atoms with Crippen LogP contribution in [0.1, 0.15) is 22.3 Å². The molecule has 24 heavy (non-hydrogen) atoms. The zero-order valence-electron chi connectivity index (χ0n) is 13.8. The normalized spacial score (nSPS) is 16.0. The molecule has 3 rings (SSSR count). The maximum atomic E-state index is 13.3. The molecule has 0 spiro atoms. The fourth-order valence-corrected chi connectivity index (χ4v) is 3.13. The molecule has 1 heterocycles. The van der Waals surface area contributed by atoms with E-state index in [9.17, 15) is 9.18 Å². The summed E-state index contributed by atoms with van der Waals surface area (Å²) in [5, 5.41) is 0. The minimum Gasteiger partial charge on any atom is -0.337 e. The lowest BCUT2D eigenvalue weighted by Gasteiger charge is -2.22. The van der Waals surface area contributed by atoms with Crippen LogP contribution < -0.4 is 0 Å². The molecule has 4 heteroatoms. The Bertz CT molecular complexity index is 674. The van der Waals surface area contributed by atoms with Crippen molar-refractivity contribution in [1.82, 2.24) is 9.80 Å². The number of benzene rings is 2. The highest BCUT2D eigenvalue weighted by Gasteiger charge is 2.20. The number of halogens is 1. The van der Waals surface area contributed by atoms with E-state index in [0.717, 1.165) is 39.0 Å². The monoisotopic (exact) mass is 326 g/mol. The van der Waals surface area contributed by atoms with Gasteiger partial charge in [-0.3, -0.25) is 4.79 Å². The summed E-state index contributed by atoms with van der Waals surface area (Å²) < 4.78 is 13.3. The Labute approximate surface area is 142 Å². The lowest BCUT2D eigenvalue weighted by Crippen LogP contribution is -2.35. The van der Waals surface area contributed by atoms with Crippen molar-refractivity contribution in [2.45, 2.75) is 12.8 Å². The third-order valence-electron chi connectivity index (χ3n) is 4.51. The molecule has 0 aromatic heterocycles. The van der Waals surface area contributed by atoms with Crippen LogP contribution in [0.2, 0.25) is 0 Å². The predicted octanol–water partition coefficient (Wildman–Crippen LogP) is 3.22. The Morgan fingerprint density at radius 1 is 0.958 bits per heavy atom. The summed E-state index contributed by atoms with van der Waals surface area (Å²) in [4.78, 5) is 16.8. The first kappa shape index (κ1) is 16.7. The molecule has 1 amide bonds. The van der Waals surface area contributed by atoms with Crippen molar-refractivity contribution >= 4 is 5.91 Å². The van der Waals surface area contributed by atoms with Crippen molar-refractivity contribution < 1.29 is 9.18 Å². The summed E-state index contributed by atoms with van der Waals surface area (Å²) in [7, 11) is 0. The van der Waals surface area contributed by atoms with Gasteiger partial charge < -0.3 is 9.80 Å². The van der Waals surface area contributed by atoms with Crippen LogP contribution in [0, 0.1) is 5.82 Å². The Balaban J connectivity index is 1.54. The molecule has 0 aliphatic carbocycles. The molecule has 0 atom stereocenters. The lowest BCUT2D eigenvalue weighted by atomic mass is 10.1. The topological polar surface area (TPSA) is 23.6 Å². The third-order valence-corrected chi connectivity index (χ3v) is 4.51. The number of carbonyl (C=O) groups is 1. The minimum atomic E-state index is -0.361. The van der Waals surface area contributed by atoms with E-state index in [1.807, 2.05) is 11.0 Å². The standard InChI is InChI=1S/C20H23FN2O/c21-19-9-4-8-18(16-19)20(24)23-12-5-11-22(14-15-23)13-10-17-6-2-1-3-7-17/h1-4,6-9,16H,5,10-15H2. The maximum absolute atomic E-state index is 13.3. The fraction of sp³-hybridized carbons (Fsp3) is 0.350. The number of hydrogen-bond donors (Lipinski definition) is 0. The lowest BCUT2D eigenvalue weighted by molar-refractivity contribution is 0.0761. The Morgan fingerprint density at radius 2 is 1.79 bits per heavy atom. The van der Waals surface area contributed by atoms with Gasteiger partial charge in [-0.05, 0) is 43.1 Å². The predicted molar refractivity (Wildman–Crippen MR) is 93.5 cm³/mol. The van der Waals surface area contributed by atoms with E-state index in [2.05, 4.69) is 29.2 Å². The molecule has 126 valence electrons. The van der Waals surface area contributed by atoms with Gasteiger partial charge in [0.05, 0.1) is 0 Å². The second-order valence-electron chi connectivity index (χ2n) is 6.23. The SMILES string of the molecule is O=C(c1cccc(F)c1)N1CCCN(CCc2ccccc2)CC1. The molecular formula is C20H23FN2O. The summed E-state index contributed by atoms with van der Waals surface area (Å²) in [6.45, 7) is 4.31. The number of nitrogens with zero attached hydrogens (tertiary/aromatic N) is 2. The van der Waals surface area contributed by atoms with Gasteiger partial charge in [0, 0.05) is 31.7 Å². The maximum Gasteiger partial charge on any atom is 0.254 e. The van der Waals surface area contributed by atoms with Crippen LogP contribution in [0.3, 0.4) is 0 Å². The van der Waals surface area contributed by atoms with Crippen LogP contribution in [-0.4, -0.2) is 48.4 Å². The highest BCUT2D eigenvalue weighted by molar-refractivity contribution is 5.94. The third kappa shape index (κ3) is 4.42. The minimum absolute atomic E-state index is 0.0700. The van der Waals surface area contributed by atoms with Crippen LogP contribution in [0.25, 0.3) is 0 Å². The van der Waals surface area contributed by atoms with Crippen molar-refractivity contribution in [3.63, 3.8) is 0 Å². The highest BCUT2D eigenvalue weighted by Crippen LogP contribution is 2.11. The van der Waals surface area contributed by atoms with E-state index >= 15 is 0 Å². The van der Waals surface area contributed by atoms with Crippen molar-refractivity contribution in [2.75, 3.05) is 32.7 Å². The zero-order valence-corrected chi connectivity index (χ0v) is 13.8. The average molecular weight is 326 g/mol. The molecular weight excluding hydrogens is 303 g/mol. The number of hydrogen-bond acceptors (Lipinski definition) is 2. The molecule has 0 radical (unpaired) electrons. The smallest absolute Gasteiger partial charge is 0.254 e. The second-order valence-corrected chi connectivity index (χ2v) is 6.23. The molecule has 1 fully saturated rings. The molecule has 1 saturated heterocycles. The quantitative estimate of drug-likeness (QED) is 0.861. The van der Waals surface area contributed by atoms with Crippen LogP contribution in [-0.2, 0) is 6.42 Å². The van der Waals surface area contributed by atoms with E-state index in [1.54, 1.807) is 12.1 Å². The summed E-state index contributed by atoms with van der Waals surface area (Å²) in [6, 6.07) is 16.4. The summed E-state index contributed by atoms with van der Waals surface area (Å²) in [6.07, 6.45) is 1.98. The van der Waals surface area contributed by atoms with E-state index in [4.69, 9.17) is 0 Å². The largest absolute Gasteiger partial charge is 0.337 e. The van der Waals surface area contributed by atoms with Gasteiger partial charge in [-0.2, -0.15) is 0 Å². The van der Waals surface area contributed by atoms with Crippen LogP contribution in [0.5, 0.6) is 0 Å². The van der Waals surface area contributed by atoms with E-state index in [0.29, 0.717) is 12.1 Å². The molecule has 0 saturated carbocycles. The van der Waals surface area contributed by atoms with Crippen molar-refractivity contribution in [2.24, 2.45) is 0 Å². The van der Waals surface area contributed by atoms with Gasteiger partial charge in [0.15, 0.2) is 0 Å². The Kier molecular flexibility index (Phi) is 5.59. The summed E-state index contributed by atoms with van der Waals surface area (Å²) >= 11 is 0. The fourth-order valence-electron chi connectivity index (χ4n) is 3.13. The zero-order chi connectivity index (χ0) is 16.8. The molecule has 0 N–H and O–H groups in total. The second kappa shape index (κ2) is 8.06. The first-order chi connectivity index (χ1) is 11.7. The van der Waals surface area contributed by atoms with Crippen molar-refractivity contribution in [1.29, 1.82) is 0 Å². The van der Waals surface area contributed by atoms with Gasteiger partial charge in [-0.15, -0.1) is 0 Å². The van der Waals surface area contributed by atoms with Gasteiger partial charge >= 0.3 is 0 Å². The first-order valence-corrected chi connectivity index (χ1v) is 8.53. The van der Waals surface area contributed by atoms with Gasteiger partial charge in [-0.25, -0.2) is 4.39 Å². The van der Waals surface area contributed by atoms with E-state index in [-0.39, 0.29) is 11.7 Å². The Hall–Kier alpha value is -2.20. The molecule has 1 aliphatic rings. The van der Waals surface area contributed by atoms with Crippen LogP contribution >= 0.6 is 0 Å². The van der Waals surface area contributed by atoms with E-state index in [1.165, 1.54) is 17.7 Å². The number of carbonyl (C=O) groups excluding carboxylic acids is 1. The van der Waals surface area contributed by atoms with Gasteiger partial charge in [0.25, 0.3) is 5.91 Å². The van der Waals surface area contributed by atoms with Crippen molar-refractivity contribution in [3.8, 4) is 0 Å². The molecule has 0 unspecified atom stereocenters. The highest BCUT2D eigenvalue weighted by atomic mass is 19.1. The van der Waals surface area contributed by atoms with E-state index < -0.39 is 0 Å². The van der Waals surface area contributed by atoms with Crippen LogP contribution in [0.15, 0.2) is 54.6 Å². The number of rotatable bonds is 4. The van der Waals surface area contributed by atoms with Gasteiger partial charge in [0.2, 0.25) is 0 Å². The molecule has 2 aromatic carbocycles. The summed E-state index contributed by atoms with van der Waals surface area (Å²) in [5.41, 5.74) is 1.78. The molecule has 1 aliphatic heterocycles. The number of amides is 1. The van der Waals surface area contributed by atoms with Crippen molar-refractivity contribution in [3.05, 3.63) is 71.5 Å². The van der Waals surface area contributed by atoms with Gasteiger partial charge in [0.1, 0.15) is 5.82 Å². The molecule has 2 aromatic rings. The van der Waals surface area contributed by atoms with Gasteiger partial charge in [-0.1, -0.05) is 36.4 Å². The first-order valence-electron chi connectivity index (χ1n) is 8.53. The molecule has 0 bridgehead atoms.